The summed E-state index contributed by atoms with van der Waals surface area (Å²) in [6, 6.07) is 8.97. The lowest BCUT2D eigenvalue weighted by atomic mass is 9.65. The summed E-state index contributed by atoms with van der Waals surface area (Å²) in [5.41, 5.74) is 3.19. The Kier molecular flexibility index (Phi) is 2.44. The van der Waals surface area contributed by atoms with E-state index >= 15 is 0 Å². The first-order chi connectivity index (χ1) is 9.73. The Balaban J connectivity index is 1.82. The Labute approximate surface area is 119 Å². The summed E-state index contributed by atoms with van der Waals surface area (Å²) in [6.45, 7) is 0. The van der Waals surface area contributed by atoms with Crippen LogP contribution in [0.5, 0.6) is 0 Å². The van der Waals surface area contributed by atoms with Gasteiger partial charge in [-0.05, 0) is 49.8 Å². The lowest BCUT2D eigenvalue weighted by Gasteiger charge is -2.35. The Hall–Kier alpha value is -1.82. The fourth-order valence-electron chi connectivity index (χ4n) is 3.54. The molecule has 1 aromatic carbocycles. The highest BCUT2D eigenvalue weighted by atomic mass is 15.1. The summed E-state index contributed by atoms with van der Waals surface area (Å²) in [5.74, 6) is 1.87. The lowest BCUT2D eigenvalue weighted by Crippen LogP contribution is -2.32. The minimum Gasteiger partial charge on any atom is -0.331 e. The predicted octanol–water partition coefficient (Wildman–Crippen LogP) is 3.79. The van der Waals surface area contributed by atoms with E-state index in [-0.39, 0.29) is 5.41 Å². The van der Waals surface area contributed by atoms with E-state index in [1.807, 2.05) is 0 Å². The molecular formula is C17H19N3. The molecule has 4 rings (SSSR count). The maximum absolute atomic E-state index is 9.48. The van der Waals surface area contributed by atoms with Gasteiger partial charge >= 0.3 is 0 Å². The molecular weight excluding hydrogens is 246 g/mol. The molecule has 0 N–H and O–H groups in total. The van der Waals surface area contributed by atoms with E-state index in [1.165, 1.54) is 37.0 Å². The van der Waals surface area contributed by atoms with Crippen LogP contribution in [-0.4, -0.2) is 9.55 Å². The summed E-state index contributed by atoms with van der Waals surface area (Å²) < 4.78 is 2.24. The first-order valence-electron chi connectivity index (χ1n) is 7.62. The van der Waals surface area contributed by atoms with Crippen LogP contribution in [0.15, 0.2) is 18.2 Å². The van der Waals surface area contributed by atoms with Gasteiger partial charge in [0, 0.05) is 13.0 Å². The van der Waals surface area contributed by atoms with Gasteiger partial charge in [-0.2, -0.15) is 5.26 Å². The van der Waals surface area contributed by atoms with Crippen molar-refractivity contribution in [2.75, 3.05) is 0 Å². The molecule has 1 heterocycles. The number of nitrogens with zero attached hydrogens (tertiary/aromatic N) is 3. The summed E-state index contributed by atoms with van der Waals surface area (Å²) in [5, 5.41) is 9.48. The van der Waals surface area contributed by atoms with Gasteiger partial charge in [0.15, 0.2) is 0 Å². The SMILES string of the molecule is Cn1c(C2CCC2)nc2cc(C3(C#N)CCC3)ccc21. The van der Waals surface area contributed by atoms with Crippen molar-refractivity contribution in [2.24, 2.45) is 7.05 Å². The van der Waals surface area contributed by atoms with Crippen LogP contribution in [0.2, 0.25) is 0 Å². The molecule has 2 fully saturated rings. The Morgan fingerprint density at radius 2 is 2.10 bits per heavy atom. The number of fused-ring (bicyclic) bond motifs is 1. The van der Waals surface area contributed by atoms with Crippen molar-refractivity contribution in [2.45, 2.75) is 49.9 Å². The minimum absolute atomic E-state index is 0.234. The van der Waals surface area contributed by atoms with Gasteiger partial charge in [-0.1, -0.05) is 12.5 Å². The number of aryl methyl sites for hydroxylation is 1. The molecule has 1 aromatic heterocycles. The summed E-state index contributed by atoms with van der Waals surface area (Å²) in [4.78, 5) is 4.85. The molecule has 0 amide bonds. The molecule has 2 aliphatic carbocycles. The predicted molar refractivity (Wildman–Crippen MR) is 78.4 cm³/mol. The van der Waals surface area contributed by atoms with Crippen LogP contribution in [0.3, 0.4) is 0 Å². The minimum atomic E-state index is -0.234. The maximum atomic E-state index is 9.48. The molecule has 0 bridgehead atoms. The number of benzene rings is 1. The van der Waals surface area contributed by atoms with E-state index in [0.717, 1.165) is 23.9 Å². The van der Waals surface area contributed by atoms with Crippen molar-refractivity contribution in [3.8, 4) is 6.07 Å². The van der Waals surface area contributed by atoms with Gasteiger partial charge in [-0.25, -0.2) is 4.98 Å². The van der Waals surface area contributed by atoms with Crippen LogP contribution in [0.25, 0.3) is 11.0 Å². The molecule has 20 heavy (non-hydrogen) atoms. The third-order valence-electron chi connectivity index (χ3n) is 5.36. The largest absolute Gasteiger partial charge is 0.331 e. The molecule has 2 aromatic rings. The van der Waals surface area contributed by atoms with Crippen molar-refractivity contribution < 1.29 is 0 Å². The zero-order valence-corrected chi connectivity index (χ0v) is 11.9. The average molecular weight is 265 g/mol. The zero-order chi connectivity index (χ0) is 13.7. The zero-order valence-electron chi connectivity index (χ0n) is 11.9. The fourth-order valence-corrected chi connectivity index (χ4v) is 3.54. The normalized spacial score (nSPS) is 21.2. The molecule has 3 heteroatoms. The molecule has 102 valence electrons. The van der Waals surface area contributed by atoms with E-state index in [0.29, 0.717) is 5.92 Å². The van der Waals surface area contributed by atoms with E-state index in [4.69, 9.17) is 4.98 Å². The summed E-state index contributed by atoms with van der Waals surface area (Å²) >= 11 is 0. The molecule has 2 saturated carbocycles. The highest BCUT2D eigenvalue weighted by Crippen LogP contribution is 2.44. The molecule has 2 aliphatic rings. The van der Waals surface area contributed by atoms with Crippen molar-refractivity contribution in [1.82, 2.24) is 9.55 Å². The molecule has 0 radical (unpaired) electrons. The topological polar surface area (TPSA) is 41.6 Å². The van der Waals surface area contributed by atoms with Gasteiger partial charge in [0.1, 0.15) is 5.82 Å². The summed E-state index contributed by atoms with van der Waals surface area (Å²) in [7, 11) is 2.12. The molecule has 0 aliphatic heterocycles. The van der Waals surface area contributed by atoms with E-state index in [2.05, 4.69) is 35.9 Å². The van der Waals surface area contributed by atoms with Crippen LogP contribution in [0.4, 0.5) is 0 Å². The lowest BCUT2D eigenvalue weighted by molar-refractivity contribution is 0.324. The van der Waals surface area contributed by atoms with Crippen LogP contribution in [0.1, 0.15) is 55.8 Å². The Morgan fingerprint density at radius 1 is 1.30 bits per heavy atom. The maximum Gasteiger partial charge on any atom is 0.112 e. The average Bonchev–Trinajstić information content (AvgIpc) is 2.64. The van der Waals surface area contributed by atoms with Gasteiger partial charge in [0.2, 0.25) is 0 Å². The van der Waals surface area contributed by atoms with Gasteiger partial charge in [-0.15, -0.1) is 0 Å². The Bertz CT molecular complexity index is 712. The van der Waals surface area contributed by atoms with Crippen molar-refractivity contribution in [1.29, 1.82) is 5.26 Å². The number of hydrogen-bond acceptors (Lipinski definition) is 2. The van der Waals surface area contributed by atoms with Gasteiger partial charge in [0.25, 0.3) is 0 Å². The number of imidazole rings is 1. The molecule has 0 unspecified atom stereocenters. The molecule has 0 atom stereocenters. The van der Waals surface area contributed by atoms with Crippen molar-refractivity contribution >= 4 is 11.0 Å². The van der Waals surface area contributed by atoms with Gasteiger partial charge < -0.3 is 4.57 Å². The summed E-state index contributed by atoms with van der Waals surface area (Å²) in [6.07, 6.45) is 7.03. The number of hydrogen-bond donors (Lipinski definition) is 0. The van der Waals surface area contributed by atoms with Crippen LogP contribution in [0, 0.1) is 11.3 Å². The fraction of sp³-hybridized carbons (Fsp3) is 0.529. The third kappa shape index (κ3) is 1.48. The van der Waals surface area contributed by atoms with Gasteiger partial charge in [-0.3, -0.25) is 0 Å². The monoisotopic (exact) mass is 265 g/mol. The number of aromatic nitrogens is 2. The molecule has 0 spiro atoms. The van der Waals surface area contributed by atoms with Crippen LogP contribution in [-0.2, 0) is 12.5 Å². The Morgan fingerprint density at radius 3 is 2.65 bits per heavy atom. The third-order valence-corrected chi connectivity index (χ3v) is 5.36. The van der Waals surface area contributed by atoms with E-state index < -0.39 is 0 Å². The second-order valence-corrected chi connectivity index (χ2v) is 6.41. The van der Waals surface area contributed by atoms with Crippen molar-refractivity contribution in [3.63, 3.8) is 0 Å². The van der Waals surface area contributed by atoms with E-state index in [1.54, 1.807) is 0 Å². The van der Waals surface area contributed by atoms with Crippen LogP contribution < -0.4 is 0 Å². The number of nitriles is 1. The highest BCUT2D eigenvalue weighted by molar-refractivity contribution is 5.77. The first kappa shape index (κ1) is 12.0. The molecule has 0 saturated heterocycles. The van der Waals surface area contributed by atoms with Crippen molar-refractivity contribution in [3.05, 3.63) is 29.6 Å². The van der Waals surface area contributed by atoms with E-state index in [9.17, 15) is 5.26 Å². The van der Waals surface area contributed by atoms with Gasteiger partial charge in [0.05, 0.1) is 22.5 Å². The number of rotatable bonds is 2. The second-order valence-electron chi connectivity index (χ2n) is 6.41. The highest BCUT2D eigenvalue weighted by Gasteiger charge is 2.39. The van der Waals surface area contributed by atoms with Crippen LogP contribution >= 0.6 is 0 Å². The molecule has 3 nitrogen and oxygen atoms in total. The quantitative estimate of drug-likeness (QED) is 0.829. The second kappa shape index (κ2) is 4.09. The smallest absolute Gasteiger partial charge is 0.112 e. The standard InChI is InChI=1S/C17H19N3/c1-20-15-7-6-13(17(11-18)8-3-9-17)10-14(15)19-16(20)12-4-2-5-12/h6-7,10,12H,2-5,8-9H2,1H3. The first-order valence-corrected chi connectivity index (χ1v) is 7.62.